The minimum Gasteiger partial charge on any atom is -0.383 e. The van der Waals surface area contributed by atoms with Gasteiger partial charge in [0.2, 0.25) is 0 Å². The standard InChI is InChI=1S/C25H35N5O2/c1-28(22-10-6-8-20-9-7-12-26-25(20)22)18-21-23(30-13-5-4-11-24(30)27-21)19-29(14-16-31-2)15-17-32-3/h4-5,7,9,11-13,22H,6,8,10,14-19H2,1-3H3/t22-/m0/s1. The Hall–Kier alpha value is -2.32. The summed E-state index contributed by atoms with van der Waals surface area (Å²) in [6, 6.07) is 10.8. The molecular formula is C25H35N5O2. The molecule has 1 atom stereocenters. The predicted molar refractivity (Wildman–Crippen MR) is 126 cm³/mol. The molecule has 0 aliphatic heterocycles. The van der Waals surface area contributed by atoms with E-state index in [0.717, 1.165) is 50.4 Å². The lowest BCUT2D eigenvalue weighted by atomic mass is 9.91. The number of aromatic nitrogens is 3. The first-order valence-corrected chi connectivity index (χ1v) is 11.5. The summed E-state index contributed by atoms with van der Waals surface area (Å²) >= 11 is 0. The van der Waals surface area contributed by atoms with E-state index in [2.05, 4.69) is 57.8 Å². The monoisotopic (exact) mass is 437 g/mol. The highest BCUT2D eigenvalue weighted by Gasteiger charge is 2.26. The van der Waals surface area contributed by atoms with Gasteiger partial charge in [-0.15, -0.1) is 0 Å². The van der Waals surface area contributed by atoms with Crippen LogP contribution in [0.15, 0.2) is 42.7 Å². The van der Waals surface area contributed by atoms with Crippen molar-refractivity contribution in [2.75, 3.05) is 47.6 Å². The minimum atomic E-state index is 0.329. The number of imidazole rings is 1. The van der Waals surface area contributed by atoms with Gasteiger partial charge in [-0.1, -0.05) is 12.1 Å². The van der Waals surface area contributed by atoms with Crippen molar-refractivity contribution in [2.45, 2.75) is 38.4 Å². The SMILES string of the molecule is COCCN(CCOC)Cc1c(CN(C)[C@H]2CCCc3cccnc32)nc2ccccn12. The minimum absolute atomic E-state index is 0.329. The third kappa shape index (κ3) is 5.18. The van der Waals surface area contributed by atoms with Gasteiger partial charge in [-0.3, -0.25) is 14.8 Å². The second-order valence-corrected chi connectivity index (χ2v) is 8.57. The molecule has 3 heterocycles. The predicted octanol–water partition coefficient (Wildman–Crippen LogP) is 3.33. The Morgan fingerprint density at radius 1 is 1.06 bits per heavy atom. The number of nitrogens with zero attached hydrogens (tertiary/aromatic N) is 5. The fourth-order valence-electron chi connectivity index (χ4n) is 4.67. The first kappa shape index (κ1) is 22.9. The van der Waals surface area contributed by atoms with Crippen LogP contribution in [-0.4, -0.2) is 71.7 Å². The molecule has 0 spiro atoms. The molecule has 0 amide bonds. The van der Waals surface area contributed by atoms with Crippen LogP contribution in [0.5, 0.6) is 0 Å². The lowest BCUT2D eigenvalue weighted by Crippen LogP contribution is -2.32. The largest absolute Gasteiger partial charge is 0.383 e. The van der Waals surface area contributed by atoms with Crippen LogP contribution in [0.25, 0.3) is 5.65 Å². The molecule has 0 fully saturated rings. The average molecular weight is 438 g/mol. The van der Waals surface area contributed by atoms with Gasteiger partial charge in [0.15, 0.2) is 0 Å². The van der Waals surface area contributed by atoms with Crippen molar-refractivity contribution in [1.29, 1.82) is 0 Å². The molecule has 7 heteroatoms. The molecule has 1 aliphatic rings. The smallest absolute Gasteiger partial charge is 0.137 e. The van der Waals surface area contributed by atoms with Crippen molar-refractivity contribution >= 4 is 5.65 Å². The van der Waals surface area contributed by atoms with Crippen LogP contribution in [0.2, 0.25) is 0 Å². The van der Waals surface area contributed by atoms with Crippen molar-refractivity contribution in [1.82, 2.24) is 24.2 Å². The topological polar surface area (TPSA) is 55.1 Å². The molecule has 0 saturated heterocycles. The summed E-state index contributed by atoms with van der Waals surface area (Å²) in [6.45, 7) is 4.70. The van der Waals surface area contributed by atoms with Crippen LogP contribution in [0.1, 0.15) is 41.5 Å². The number of hydrogen-bond donors (Lipinski definition) is 0. The molecule has 3 aromatic rings. The van der Waals surface area contributed by atoms with E-state index < -0.39 is 0 Å². The van der Waals surface area contributed by atoms with Crippen LogP contribution in [0, 0.1) is 0 Å². The quantitative estimate of drug-likeness (QED) is 0.459. The number of rotatable bonds is 11. The third-order valence-electron chi connectivity index (χ3n) is 6.41. The lowest BCUT2D eigenvalue weighted by molar-refractivity contribution is 0.109. The van der Waals surface area contributed by atoms with Gasteiger partial charge in [0.1, 0.15) is 5.65 Å². The van der Waals surface area contributed by atoms with Crippen LogP contribution in [0.3, 0.4) is 0 Å². The molecule has 3 aromatic heterocycles. The fraction of sp³-hybridized carbons (Fsp3) is 0.520. The van der Waals surface area contributed by atoms with E-state index in [4.69, 9.17) is 19.4 Å². The first-order chi connectivity index (χ1) is 15.7. The molecule has 172 valence electrons. The zero-order valence-corrected chi connectivity index (χ0v) is 19.5. The maximum Gasteiger partial charge on any atom is 0.137 e. The second-order valence-electron chi connectivity index (χ2n) is 8.57. The van der Waals surface area contributed by atoms with Crippen molar-refractivity contribution in [3.63, 3.8) is 0 Å². The Morgan fingerprint density at radius 3 is 2.66 bits per heavy atom. The highest BCUT2D eigenvalue weighted by atomic mass is 16.5. The Bertz CT molecular complexity index is 997. The lowest BCUT2D eigenvalue weighted by Gasteiger charge is -2.32. The normalized spacial score (nSPS) is 16.2. The van der Waals surface area contributed by atoms with Crippen molar-refractivity contribution in [2.24, 2.45) is 0 Å². The first-order valence-electron chi connectivity index (χ1n) is 11.5. The fourth-order valence-corrected chi connectivity index (χ4v) is 4.67. The van der Waals surface area contributed by atoms with Gasteiger partial charge in [0.05, 0.1) is 36.3 Å². The van der Waals surface area contributed by atoms with Crippen LogP contribution in [-0.2, 0) is 29.0 Å². The van der Waals surface area contributed by atoms with E-state index in [0.29, 0.717) is 19.3 Å². The van der Waals surface area contributed by atoms with E-state index in [9.17, 15) is 0 Å². The number of ether oxygens (including phenoxy) is 2. The molecule has 7 nitrogen and oxygen atoms in total. The summed E-state index contributed by atoms with van der Waals surface area (Å²) < 4.78 is 12.9. The summed E-state index contributed by atoms with van der Waals surface area (Å²) in [6.07, 6.45) is 7.50. The maximum atomic E-state index is 5.35. The highest BCUT2D eigenvalue weighted by molar-refractivity contribution is 5.43. The van der Waals surface area contributed by atoms with Gasteiger partial charge in [-0.25, -0.2) is 4.98 Å². The summed E-state index contributed by atoms with van der Waals surface area (Å²) in [4.78, 5) is 14.6. The van der Waals surface area contributed by atoms with Gasteiger partial charge in [-0.05, 0) is 50.1 Å². The van der Waals surface area contributed by atoms with Crippen molar-refractivity contribution in [3.05, 3.63) is 65.4 Å². The van der Waals surface area contributed by atoms with Crippen molar-refractivity contribution in [3.8, 4) is 0 Å². The number of aryl methyl sites for hydroxylation is 1. The Labute approximate surface area is 191 Å². The Balaban J connectivity index is 1.60. The number of hydrogen-bond acceptors (Lipinski definition) is 6. The van der Waals surface area contributed by atoms with Crippen LogP contribution >= 0.6 is 0 Å². The van der Waals surface area contributed by atoms with Crippen LogP contribution < -0.4 is 0 Å². The number of fused-ring (bicyclic) bond motifs is 2. The molecule has 0 bridgehead atoms. The van der Waals surface area contributed by atoms with Gasteiger partial charge in [0.25, 0.3) is 0 Å². The maximum absolute atomic E-state index is 5.35. The van der Waals surface area contributed by atoms with Crippen molar-refractivity contribution < 1.29 is 9.47 Å². The third-order valence-corrected chi connectivity index (χ3v) is 6.41. The molecule has 0 saturated carbocycles. The molecule has 0 unspecified atom stereocenters. The molecule has 32 heavy (non-hydrogen) atoms. The molecule has 4 rings (SSSR count). The van der Waals surface area contributed by atoms with Gasteiger partial charge >= 0.3 is 0 Å². The van der Waals surface area contributed by atoms with E-state index in [1.165, 1.54) is 23.4 Å². The zero-order valence-electron chi connectivity index (χ0n) is 19.5. The summed E-state index contributed by atoms with van der Waals surface area (Å²) in [7, 11) is 5.70. The number of pyridine rings is 2. The molecule has 0 aromatic carbocycles. The average Bonchev–Trinajstić information content (AvgIpc) is 3.17. The van der Waals surface area contributed by atoms with E-state index in [1.807, 2.05) is 6.20 Å². The highest BCUT2D eigenvalue weighted by Crippen LogP contribution is 2.33. The summed E-state index contributed by atoms with van der Waals surface area (Å²) in [5, 5.41) is 0. The summed E-state index contributed by atoms with van der Waals surface area (Å²) in [5.41, 5.74) is 5.97. The molecule has 0 N–H and O–H groups in total. The molecule has 1 aliphatic carbocycles. The second kappa shape index (κ2) is 11.0. The molecular weight excluding hydrogens is 402 g/mol. The van der Waals surface area contributed by atoms with E-state index in [-0.39, 0.29) is 0 Å². The van der Waals surface area contributed by atoms with E-state index in [1.54, 1.807) is 14.2 Å². The number of methoxy groups -OCH3 is 2. The van der Waals surface area contributed by atoms with Gasteiger partial charge in [-0.2, -0.15) is 0 Å². The summed E-state index contributed by atoms with van der Waals surface area (Å²) in [5.74, 6) is 0. The van der Waals surface area contributed by atoms with Crippen LogP contribution in [0.4, 0.5) is 0 Å². The van der Waals surface area contributed by atoms with Gasteiger partial charge < -0.3 is 13.9 Å². The zero-order chi connectivity index (χ0) is 22.3. The Kier molecular flexibility index (Phi) is 7.86. The van der Waals surface area contributed by atoms with E-state index >= 15 is 0 Å². The molecule has 0 radical (unpaired) electrons. The Morgan fingerprint density at radius 2 is 1.88 bits per heavy atom. The van der Waals surface area contributed by atoms with Gasteiger partial charge in [0, 0.05) is 52.8 Å².